The Balaban J connectivity index is 1.90. The lowest BCUT2D eigenvalue weighted by atomic mass is 10.1. The van der Waals surface area contributed by atoms with Gasteiger partial charge >= 0.3 is 0 Å². The van der Waals surface area contributed by atoms with Gasteiger partial charge in [0.1, 0.15) is 0 Å². The summed E-state index contributed by atoms with van der Waals surface area (Å²) in [4.78, 5) is 35.7. The van der Waals surface area contributed by atoms with Gasteiger partial charge in [0.2, 0.25) is 11.8 Å². The van der Waals surface area contributed by atoms with Gasteiger partial charge in [0.25, 0.3) is 0 Å². The van der Waals surface area contributed by atoms with Gasteiger partial charge in [-0.2, -0.15) is 0 Å². The maximum atomic E-state index is 12.1. The summed E-state index contributed by atoms with van der Waals surface area (Å²) in [6.07, 6.45) is 0.245. The fraction of sp³-hybridized carbons (Fsp3) is 0.167. The van der Waals surface area contributed by atoms with Crippen LogP contribution in [-0.2, 0) is 9.59 Å². The van der Waals surface area contributed by atoms with Crippen molar-refractivity contribution in [2.24, 2.45) is 5.73 Å². The minimum absolute atomic E-state index is 0.0675. The molecule has 0 bridgehead atoms. The van der Waals surface area contributed by atoms with E-state index in [-0.39, 0.29) is 30.3 Å². The number of hydrogen-bond donors (Lipinski definition) is 2. The molecule has 0 saturated carbocycles. The molecule has 2 aromatic rings. The summed E-state index contributed by atoms with van der Waals surface area (Å²) < 4.78 is 0. The Hall–Kier alpha value is -2.60. The summed E-state index contributed by atoms with van der Waals surface area (Å²) in [6, 6.07) is 16.0. The van der Waals surface area contributed by atoms with Crippen LogP contribution in [-0.4, -0.2) is 23.4 Å². The minimum atomic E-state index is -0.422. The van der Waals surface area contributed by atoms with Gasteiger partial charge < -0.3 is 11.1 Å². The molecule has 0 atom stereocenters. The number of nitrogens with one attached hydrogen (secondary N) is 1. The smallest absolute Gasteiger partial charge is 0.227 e. The average molecular weight is 342 g/mol. The molecular weight excluding hydrogens is 324 g/mol. The van der Waals surface area contributed by atoms with Crippen molar-refractivity contribution in [2.45, 2.75) is 17.7 Å². The Labute approximate surface area is 144 Å². The Morgan fingerprint density at radius 3 is 2.29 bits per heavy atom. The van der Waals surface area contributed by atoms with Crippen molar-refractivity contribution >= 4 is 35.0 Å². The first kappa shape index (κ1) is 17.7. The number of nitrogens with two attached hydrogens (primary N) is 1. The molecule has 0 aliphatic rings. The van der Waals surface area contributed by atoms with Gasteiger partial charge in [-0.05, 0) is 12.1 Å². The van der Waals surface area contributed by atoms with Crippen LogP contribution in [0.4, 0.5) is 5.69 Å². The molecule has 0 fully saturated rings. The van der Waals surface area contributed by atoms with Crippen molar-refractivity contribution in [3.63, 3.8) is 0 Å². The van der Waals surface area contributed by atoms with Crippen molar-refractivity contribution in [2.75, 3.05) is 11.1 Å². The van der Waals surface area contributed by atoms with Crippen LogP contribution in [0.5, 0.6) is 0 Å². The predicted molar refractivity (Wildman–Crippen MR) is 95.0 cm³/mol. The lowest BCUT2D eigenvalue weighted by molar-refractivity contribution is -0.116. The highest BCUT2D eigenvalue weighted by Crippen LogP contribution is 2.26. The third-order valence-corrected chi connectivity index (χ3v) is 4.30. The van der Waals surface area contributed by atoms with E-state index in [9.17, 15) is 14.4 Å². The van der Waals surface area contributed by atoms with Crippen LogP contribution in [0.1, 0.15) is 23.2 Å². The number of primary amides is 1. The number of carbonyl (C=O) groups excluding carboxylic acids is 3. The van der Waals surface area contributed by atoms with E-state index >= 15 is 0 Å². The second-order valence-electron chi connectivity index (χ2n) is 5.09. The molecule has 0 saturated heterocycles. The van der Waals surface area contributed by atoms with Gasteiger partial charge in [0, 0.05) is 23.3 Å². The van der Waals surface area contributed by atoms with Crippen molar-refractivity contribution in [3.05, 3.63) is 60.2 Å². The van der Waals surface area contributed by atoms with E-state index in [4.69, 9.17) is 5.73 Å². The Morgan fingerprint density at radius 1 is 0.917 bits per heavy atom. The molecule has 0 spiro atoms. The number of rotatable bonds is 8. The number of para-hydroxylation sites is 1. The average Bonchev–Trinajstić information content (AvgIpc) is 2.59. The minimum Gasteiger partial charge on any atom is -0.369 e. The van der Waals surface area contributed by atoms with E-state index in [1.807, 2.05) is 12.1 Å². The van der Waals surface area contributed by atoms with Crippen molar-refractivity contribution < 1.29 is 14.4 Å². The molecule has 0 unspecified atom stereocenters. The molecule has 0 aromatic heterocycles. The SMILES string of the molecule is NC(=O)CSc1ccccc1NC(=O)CCC(=O)c1ccccc1. The number of anilines is 1. The van der Waals surface area contributed by atoms with Crippen LogP contribution < -0.4 is 11.1 Å². The molecule has 5 nitrogen and oxygen atoms in total. The molecular formula is C18H18N2O3S. The summed E-state index contributed by atoms with van der Waals surface area (Å²) in [5.74, 6) is -0.595. The molecule has 24 heavy (non-hydrogen) atoms. The molecule has 3 N–H and O–H groups in total. The van der Waals surface area contributed by atoms with Gasteiger partial charge in [0.05, 0.1) is 11.4 Å². The lowest BCUT2D eigenvalue weighted by Crippen LogP contribution is -2.15. The Bertz CT molecular complexity index is 732. The van der Waals surface area contributed by atoms with Gasteiger partial charge in [0.15, 0.2) is 5.78 Å². The zero-order valence-electron chi connectivity index (χ0n) is 13.0. The largest absolute Gasteiger partial charge is 0.369 e. The normalized spacial score (nSPS) is 10.2. The highest BCUT2D eigenvalue weighted by Gasteiger charge is 2.11. The highest BCUT2D eigenvalue weighted by atomic mass is 32.2. The number of ketones is 1. The number of thioether (sulfide) groups is 1. The zero-order chi connectivity index (χ0) is 17.4. The number of benzene rings is 2. The Morgan fingerprint density at radius 2 is 1.58 bits per heavy atom. The summed E-state index contributed by atoms with van der Waals surface area (Å²) in [6.45, 7) is 0. The van der Waals surface area contributed by atoms with Crippen LogP contribution >= 0.6 is 11.8 Å². The van der Waals surface area contributed by atoms with Gasteiger partial charge in [-0.15, -0.1) is 11.8 Å². The van der Waals surface area contributed by atoms with Crippen LogP contribution in [0, 0.1) is 0 Å². The molecule has 124 valence electrons. The maximum Gasteiger partial charge on any atom is 0.227 e. The first-order chi connectivity index (χ1) is 11.6. The molecule has 2 aromatic carbocycles. The number of amides is 2. The molecule has 0 aliphatic heterocycles. The molecule has 0 radical (unpaired) electrons. The second kappa shape index (κ2) is 8.88. The monoisotopic (exact) mass is 342 g/mol. The van der Waals surface area contributed by atoms with E-state index < -0.39 is 5.91 Å². The zero-order valence-corrected chi connectivity index (χ0v) is 13.8. The second-order valence-corrected chi connectivity index (χ2v) is 6.11. The van der Waals surface area contributed by atoms with E-state index in [0.29, 0.717) is 11.3 Å². The molecule has 2 amide bonds. The third kappa shape index (κ3) is 5.55. The van der Waals surface area contributed by atoms with Crippen LogP contribution in [0.25, 0.3) is 0 Å². The number of Topliss-reactive ketones (excluding diaryl/α,β-unsaturated/α-hetero) is 1. The topological polar surface area (TPSA) is 89.3 Å². The Kier molecular flexibility index (Phi) is 6.57. The summed E-state index contributed by atoms with van der Waals surface area (Å²) in [5, 5.41) is 2.78. The lowest BCUT2D eigenvalue weighted by Gasteiger charge is -2.10. The van der Waals surface area contributed by atoms with Gasteiger partial charge in [-0.1, -0.05) is 42.5 Å². The standard InChI is InChI=1S/C18H18N2O3S/c19-17(22)12-24-16-9-5-4-8-14(16)20-18(23)11-10-15(21)13-6-2-1-3-7-13/h1-9H,10-12H2,(H2,19,22)(H,20,23). The molecule has 6 heteroatoms. The first-order valence-corrected chi connectivity index (χ1v) is 8.43. The third-order valence-electron chi connectivity index (χ3n) is 3.21. The maximum absolute atomic E-state index is 12.1. The molecule has 2 rings (SSSR count). The van der Waals surface area contributed by atoms with Crippen LogP contribution in [0.2, 0.25) is 0 Å². The van der Waals surface area contributed by atoms with E-state index in [2.05, 4.69) is 5.32 Å². The number of carbonyl (C=O) groups is 3. The first-order valence-electron chi connectivity index (χ1n) is 7.44. The molecule has 0 heterocycles. The molecule has 0 aliphatic carbocycles. The van der Waals surface area contributed by atoms with E-state index in [0.717, 1.165) is 4.90 Å². The summed E-state index contributed by atoms with van der Waals surface area (Å²) >= 11 is 1.26. The summed E-state index contributed by atoms with van der Waals surface area (Å²) in [7, 11) is 0. The van der Waals surface area contributed by atoms with Gasteiger partial charge in [-0.25, -0.2) is 0 Å². The summed E-state index contributed by atoms with van der Waals surface area (Å²) in [5.41, 5.74) is 6.35. The van der Waals surface area contributed by atoms with Crippen molar-refractivity contribution in [3.8, 4) is 0 Å². The van der Waals surface area contributed by atoms with E-state index in [1.165, 1.54) is 11.8 Å². The highest BCUT2D eigenvalue weighted by molar-refractivity contribution is 8.00. The van der Waals surface area contributed by atoms with E-state index in [1.54, 1.807) is 42.5 Å². The number of hydrogen-bond acceptors (Lipinski definition) is 4. The van der Waals surface area contributed by atoms with Gasteiger partial charge in [-0.3, -0.25) is 14.4 Å². The van der Waals surface area contributed by atoms with Crippen molar-refractivity contribution in [1.29, 1.82) is 0 Å². The fourth-order valence-electron chi connectivity index (χ4n) is 2.05. The van der Waals surface area contributed by atoms with Crippen LogP contribution in [0.15, 0.2) is 59.5 Å². The quantitative estimate of drug-likeness (QED) is 0.570. The fourth-order valence-corrected chi connectivity index (χ4v) is 2.80. The van der Waals surface area contributed by atoms with Crippen molar-refractivity contribution in [1.82, 2.24) is 0 Å². The predicted octanol–water partition coefficient (Wildman–Crippen LogP) is 2.87. The van der Waals surface area contributed by atoms with Crippen LogP contribution in [0.3, 0.4) is 0 Å².